The monoisotopic (exact) mass is 231 g/mol. The molecule has 1 aromatic carbocycles. The number of nitrogens with one attached hydrogen (secondary N) is 1. The van der Waals surface area contributed by atoms with Gasteiger partial charge in [-0.25, -0.2) is 0 Å². The Morgan fingerprint density at radius 3 is 3.06 bits per heavy atom. The van der Waals surface area contributed by atoms with Gasteiger partial charge in [0.1, 0.15) is 5.75 Å². The molecule has 2 atom stereocenters. The van der Waals surface area contributed by atoms with E-state index < -0.39 is 0 Å². The first-order valence-electron chi connectivity index (χ1n) is 6.39. The Morgan fingerprint density at radius 2 is 2.24 bits per heavy atom. The van der Waals surface area contributed by atoms with Crippen molar-refractivity contribution in [1.29, 1.82) is 0 Å². The van der Waals surface area contributed by atoms with Crippen LogP contribution in [-0.2, 0) is 0 Å². The van der Waals surface area contributed by atoms with Crippen molar-refractivity contribution < 1.29 is 4.74 Å². The highest BCUT2D eigenvalue weighted by molar-refractivity contribution is 5.37. The molecule has 0 fully saturated rings. The Balaban J connectivity index is 2.04. The molecule has 2 unspecified atom stereocenters. The second-order valence-electron chi connectivity index (χ2n) is 4.62. The predicted octanol–water partition coefficient (Wildman–Crippen LogP) is 3.31. The third kappa shape index (κ3) is 2.89. The summed E-state index contributed by atoms with van der Waals surface area (Å²) in [6.07, 6.45) is 5.38. The highest BCUT2D eigenvalue weighted by Crippen LogP contribution is 2.34. The highest BCUT2D eigenvalue weighted by atomic mass is 16.5. The molecular weight excluding hydrogens is 210 g/mol. The molecule has 0 amide bonds. The van der Waals surface area contributed by atoms with Gasteiger partial charge in [-0.2, -0.15) is 0 Å². The molecule has 2 nitrogen and oxygen atoms in total. The van der Waals surface area contributed by atoms with Crippen LogP contribution in [0.1, 0.15) is 31.9 Å². The van der Waals surface area contributed by atoms with Gasteiger partial charge < -0.3 is 10.1 Å². The van der Waals surface area contributed by atoms with Gasteiger partial charge in [0.15, 0.2) is 0 Å². The number of allylic oxidation sites excluding steroid dienone is 1. The van der Waals surface area contributed by atoms with Gasteiger partial charge in [-0.15, -0.1) is 0 Å². The minimum Gasteiger partial charge on any atom is -0.493 e. The largest absolute Gasteiger partial charge is 0.493 e. The minimum atomic E-state index is 0.421. The second-order valence-corrected chi connectivity index (χ2v) is 4.62. The van der Waals surface area contributed by atoms with E-state index in [0.29, 0.717) is 12.0 Å². The van der Waals surface area contributed by atoms with E-state index in [1.165, 1.54) is 5.56 Å². The van der Waals surface area contributed by atoms with Crippen LogP contribution in [0.25, 0.3) is 0 Å². The minimum absolute atomic E-state index is 0.421. The molecule has 0 saturated heterocycles. The summed E-state index contributed by atoms with van der Waals surface area (Å²) in [6, 6.07) is 8.76. The number of hydrogen-bond acceptors (Lipinski definition) is 2. The lowest BCUT2D eigenvalue weighted by atomic mass is 9.92. The summed E-state index contributed by atoms with van der Waals surface area (Å²) >= 11 is 0. The Bertz CT molecular complexity index is 386. The molecule has 0 saturated carbocycles. The second kappa shape index (κ2) is 5.87. The first kappa shape index (κ1) is 12.2. The molecule has 1 aromatic rings. The van der Waals surface area contributed by atoms with Crippen molar-refractivity contribution in [2.45, 2.75) is 26.3 Å². The van der Waals surface area contributed by atoms with Crippen molar-refractivity contribution in [2.24, 2.45) is 5.92 Å². The van der Waals surface area contributed by atoms with Gasteiger partial charge in [0.25, 0.3) is 0 Å². The summed E-state index contributed by atoms with van der Waals surface area (Å²) in [5, 5.41) is 3.63. The van der Waals surface area contributed by atoms with E-state index in [2.05, 4.69) is 49.5 Å². The SMILES string of the molecule is C/C=C/CCNC1c2ccccc2OCC1C. The van der Waals surface area contributed by atoms with Gasteiger partial charge in [-0.3, -0.25) is 0 Å². The summed E-state index contributed by atoms with van der Waals surface area (Å²) in [7, 11) is 0. The molecule has 0 aliphatic carbocycles. The smallest absolute Gasteiger partial charge is 0.124 e. The van der Waals surface area contributed by atoms with E-state index in [1.54, 1.807) is 0 Å². The quantitative estimate of drug-likeness (QED) is 0.634. The number of rotatable bonds is 4. The average Bonchev–Trinajstić information content (AvgIpc) is 2.37. The molecule has 0 radical (unpaired) electrons. The van der Waals surface area contributed by atoms with Gasteiger partial charge in [-0.1, -0.05) is 37.3 Å². The van der Waals surface area contributed by atoms with E-state index in [9.17, 15) is 0 Å². The standard InChI is InChI=1S/C15H21NO/c1-3-4-7-10-16-15-12(2)11-17-14-9-6-5-8-13(14)15/h3-6,8-9,12,15-16H,7,10-11H2,1-2H3/b4-3+. The number of fused-ring (bicyclic) bond motifs is 1. The Kier molecular flexibility index (Phi) is 4.21. The molecule has 0 spiro atoms. The molecule has 0 aromatic heterocycles. The summed E-state index contributed by atoms with van der Waals surface area (Å²) in [4.78, 5) is 0. The lowest BCUT2D eigenvalue weighted by Gasteiger charge is -2.32. The fraction of sp³-hybridized carbons (Fsp3) is 0.467. The van der Waals surface area contributed by atoms with Crippen LogP contribution in [0, 0.1) is 5.92 Å². The topological polar surface area (TPSA) is 21.3 Å². The third-order valence-electron chi connectivity index (χ3n) is 3.24. The van der Waals surface area contributed by atoms with Crippen molar-refractivity contribution in [2.75, 3.05) is 13.2 Å². The number of ether oxygens (including phenoxy) is 1. The van der Waals surface area contributed by atoms with Crippen molar-refractivity contribution in [3.05, 3.63) is 42.0 Å². The van der Waals surface area contributed by atoms with Crippen molar-refractivity contribution in [3.63, 3.8) is 0 Å². The van der Waals surface area contributed by atoms with Crippen LogP contribution < -0.4 is 10.1 Å². The zero-order valence-corrected chi connectivity index (χ0v) is 10.6. The molecule has 92 valence electrons. The van der Waals surface area contributed by atoms with Crippen LogP contribution >= 0.6 is 0 Å². The predicted molar refractivity (Wildman–Crippen MR) is 71.3 cm³/mol. The Labute approximate surface area is 104 Å². The molecule has 1 aliphatic heterocycles. The van der Waals surface area contributed by atoms with Gasteiger partial charge in [-0.05, 0) is 26.0 Å². The fourth-order valence-electron chi connectivity index (χ4n) is 2.29. The Morgan fingerprint density at radius 1 is 1.41 bits per heavy atom. The summed E-state index contributed by atoms with van der Waals surface area (Å²) in [5.41, 5.74) is 1.30. The van der Waals surface area contributed by atoms with E-state index in [0.717, 1.165) is 25.3 Å². The summed E-state index contributed by atoms with van der Waals surface area (Å²) in [6.45, 7) is 6.13. The van der Waals surface area contributed by atoms with E-state index in [4.69, 9.17) is 4.74 Å². The van der Waals surface area contributed by atoms with Gasteiger partial charge in [0, 0.05) is 17.5 Å². The van der Waals surface area contributed by atoms with E-state index in [1.807, 2.05) is 6.07 Å². The van der Waals surface area contributed by atoms with Crippen molar-refractivity contribution in [3.8, 4) is 5.75 Å². The Hall–Kier alpha value is -1.28. The van der Waals surface area contributed by atoms with Crippen LogP contribution in [0.2, 0.25) is 0 Å². The van der Waals surface area contributed by atoms with Crippen LogP contribution in [0.3, 0.4) is 0 Å². The van der Waals surface area contributed by atoms with Crippen LogP contribution in [0.5, 0.6) is 5.75 Å². The van der Waals surface area contributed by atoms with Crippen LogP contribution in [-0.4, -0.2) is 13.2 Å². The molecular formula is C15H21NO. The van der Waals surface area contributed by atoms with Crippen LogP contribution in [0.15, 0.2) is 36.4 Å². The zero-order chi connectivity index (χ0) is 12.1. The average molecular weight is 231 g/mol. The zero-order valence-electron chi connectivity index (χ0n) is 10.6. The number of benzene rings is 1. The maximum Gasteiger partial charge on any atom is 0.124 e. The maximum absolute atomic E-state index is 5.74. The molecule has 17 heavy (non-hydrogen) atoms. The van der Waals surface area contributed by atoms with Crippen molar-refractivity contribution in [1.82, 2.24) is 5.32 Å². The lowest BCUT2D eigenvalue weighted by Crippen LogP contribution is -2.34. The fourth-order valence-corrected chi connectivity index (χ4v) is 2.29. The maximum atomic E-state index is 5.74. The normalized spacial score (nSPS) is 23.4. The summed E-state index contributed by atoms with van der Waals surface area (Å²) < 4.78 is 5.74. The van der Waals surface area contributed by atoms with Gasteiger partial charge in [0.05, 0.1) is 6.61 Å². The van der Waals surface area contributed by atoms with E-state index >= 15 is 0 Å². The molecule has 1 heterocycles. The molecule has 0 bridgehead atoms. The molecule has 1 aliphatic rings. The van der Waals surface area contributed by atoms with Gasteiger partial charge >= 0.3 is 0 Å². The van der Waals surface area contributed by atoms with Crippen molar-refractivity contribution >= 4 is 0 Å². The summed E-state index contributed by atoms with van der Waals surface area (Å²) in [5.74, 6) is 1.56. The lowest BCUT2D eigenvalue weighted by molar-refractivity contribution is 0.189. The van der Waals surface area contributed by atoms with Crippen LogP contribution in [0.4, 0.5) is 0 Å². The van der Waals surface area contributed by atoms with Gasteiger partial charge in [0.2, 0.25) is 0 Å². The number of para-hydroxylation sites is 1. The first-order chi connectivity index (χ1) is 8.33. The first-order valence-corrected chi connectivity index (χ1v) is 6.39. The molecule has 1 N–H and O–H groups in total. The molecule has 2 heteroatoms. The number of hydrogen-bond donors (Lipinski definition) is 1. The molecule has 2 rings (SSSR count). The van der Waals surface area contributed by atoms with E-state index in [-0.39, 0.29) is 0 Å². The third-order valence-corrected chi connectivity index (χ3v) is 3.24. The highest BCUT2D eigenvalue weighted by Gasteiger charge is 2.26.